The minimum Gasteiger partial charge on any atom is -0.508 e. The largest absolute Gasteiger partial charge is 0.508 e. The van der Waals surface area contributed by atoms with Gasteiger partial charge in [0.15, 0.2) is 0 Å². The summed E-state index contributed by atoms with van der Waals surface area (Å²) in [6.07, 6.45) is 7.50. The van der Waals surface area contributed by atoms with Gasteiger partial charge in [0.1, 0.15) is 5.76 Å². The Morgan fingerprint density at radius 1 is 1.45 bits per heavy atom. The molecule has 0 unspecified atom stereocenters. The first-order chi connectivity index (χ1) is 5.22. The van der Waals surface area contributed by atoms with Gasteiger partial charge in [0.25, 0.3) is 0 Å². The van der Waals surface area contributed by atoms with Crippen LogP contribution in [0.15, 0.2) is 48.8 Å². The van der Waals surface area contributed by atoms with Crippen molar-refractivity contribution in [2.45, 2.75) is 13.3 Å². The SMILES string of the molecule is C=C/C=C\C=C(\O)C(=C)CC. The van der Waals surface area contributed by atoms with Gasteiger partial charge >= 0.3 is 0 Å². The fourth-order valence-electron chi connectivity index (χ4n) is 0.524. The number of aliphatic hydroxyl groups excluding tert-OH is 1. The first-order valence-corrected chi connectivity index (χ1v) is 3.58. The number of rotatable bonds is 4. The van der Waals surface area contributed by atoms with E-state index in [1.165, 1.54) is 0 Å². The minimum absolute atomic E-state index is 0.241. The van der Waals surface area contributed by atoms with Crippen molar-refractivity contribution < 1.29 is 5.11 Å². The molecule has 1 heteroatoms. The highest BCUT2D eigenvalue weighted by Crippen LogP contribution is 2.07. The first-order valence-electron chi connectivity index (χ1n) is 3.58. The molecule has 0 bridgehead atoms. The monoisotopic (exact) mass is 150 g/mol. The van der Waals surface area contributed by atoms with Crippen molar-refractivity contribution in [3.8, 4) is 0 Å². The Morgan fingerprint density at radius 2 is 2.09 bits per heavy atom. The lowest BCUT2D eigenvalue weighted by atomic mass is 10.2. The molecule has 0 aromatic carbocycles. The van der Waals surface area contributed by atoms with Crippen molar-refractivity contribution in [3.63, 3.8) is 0 Å². The van der Waals surface area contributed by atoms with Crippen LogP contribution >= 0.6 is 0 Å². The normalized spacial score (nSPS) is 11.9. The Bertz CT molecular complexity index is 197. The van der Waals surface area contributed by atoms with Gasteiger partial charge in [0, 0.05) is 0 Å². The maximum absolute atomic E-state index is 9.22. The molecule has 0 aromatic heterocycles. The zero-order valence-electron chi connectivity index (χ0n) is 6.88. The molecule has 0 aliphatic carbocycles. The van der Waals surface area contributed by atoms with Crippen LogP contribution < -0.4 is 0 Å². The van der Waals surface area contributed by atoms with E-state index in [1.54, 1.807) is 24.3 Å². The highest BCUT2D eigenvalue weighted by atomic mass is 16.3. The summed E-state index contributed by atoms with van der Waals surface area (Å²) in [7, 11) is 0. The molecule has 11 heavy (non-hydrogen) atoms. The lowest BCUT2D eigenvalue weighted by Gasteiger charge is -1.97. The summed E-state index contributed by atoms with van der Waals surface area (Å²) in [5.74, 6) is 0.241. The van der Waals surface area contributed by atoms with E-state index in [0.29, 0.717) is 0 Å². The Morgan fingerprint density at radius 3 is 2.55 bits per heavy atom. The molecular formula is C10H14O. The first kappa shape index (κ1) is 9.76. The predicted octanol–water partition coefficient (Wildman–Crippen LogP) is 3.14. The fraction of sp³-hybridized carbons (Fsp3) is 0.200. The summed E-state index contributed by atoms with van der Waals surface area (Å²) in [6, 6.07) is 0. The van der Waals surface area contributed by atoms with Crippen LogP contribution in [0.4, 0.5) is 0 Å². The van der Waals surface area contributed by atoms with Crippen LogP contribution in [0.25, 0.3) is 0 Å². The highest BCUT2D eigenvalue weighted by molar-refractivity contribution is 5.25. The summed E-state index contributed by atoms with van der Waals surface area (Å²) in [4.78, 5) is 0. The lowest BCUT2D eigenvalue weighted by molar-refractivity contribution is 0.421. The number of hydrogen-bond acceptors (Lipinski definition) is 1. The second kappa shape index (κ2) is 5.54. The van der Waals surface area contributed by atoms with E-state index < -0.39 is 0 Å². The molecule has 1 N–H and O–H groups in total. The molecule has 0 spiro atoms. The van der Waals surface area contributed by atoms with Gasteiger partial charge in [0.2, 0.25) is 0 Å². The van der Waals surface area contributed by atoms with Crippen LogP contribution in [-0.4, -0.2) is 5.11 Å². The quantitative estimate of drug-likeness (QED) is 0.482. The third kappa shape index (κ3) is 4.20. The Balaban J connectivity index is 4.10. The molecule has 0 fully saturated rings. The summed E-state index contributed by atoms with van der Waals surface area (Å²) < 4.78 is 0. The van der Waals surface area contributed by atoms with Crippen molar-refractivity contribution in [1.82, 2.24) is 0 Å². The fourth-order valence-corrected chi connectivity index (χ4v) is 0.524. The molecule has 0 heterocycles. The minimum atomic E-state index is 0.241. The van der Waals surface area contributed by atoms with Gasteiger partial charge in [-0.2, -0.15) is 0 Å². The van der Waals surface area contributed by atoms with Gasteiger partial charge < -0.3 is 5.11 Å². The zero-order valence-corrected chi connectivity index (χ0v) is 6.88. The molecule has 0 rings (SSSR count). The second-order valence-corrected chi connectivity index (χ2v) is 2.13. The summed E-state index contributed by atoms with van der Waals surface area (Å²) >= 11 is 0. The van der Waals surface area contributed by atoms with Gasteiger partial charge in [-0.1, -0.05) is 38.3 Å². The Kier molecular flexibility index (Phi) is 4.91. The number of allylic oxidation sites excluding steroid dienone is 5. The van der Waals surface area contributed by atoms with Crippen molar-refractivity contribution in [1.29, 1.82) is 0 Å². The van der Waals surface area contributed by atoms with Crippen LogP contribution in [0, 0.1) is 0 Å². The maximum atomic E-state index is 9.22. The summed E-state index contributed by atoms with van der Waals surface area (Å²) in [5, 5.41) is 9.22. The van der Waals surface area contributed by atoms with E-state index >= 15 is 0 Å². The molecule has 0 aromatic rings. The van der Waals surface area contributed by atoms with Crippen molar-refractivity contribution >= 4 is 0 Å². The molecule has 60 valence electrons. The third-order valence-electron chi connectivity index (χ3n) is 1.29. The Hall–Kier alpha value is -1.24. The number of aliphatic hydroxyl groups is 1. The summed E-state index contributed by atoms with van der Waals surface area (Å²) in [5.41, 5.74) is 0.749. The van der Waals surface area contributed by atoms with Gasteiger partial charge in [0.05, 0.1) is 0 Å². The van der Waals surface area contributed by atoms with Crippen LogP contribution in [0.5, 0.6) is 0 Å². The van der Waals surface area contributed by atoms with Crippen molar-refractivity contribution in [2.24, 2.45) is 0 Å². The van der Waals surface area contributed by atoms with Gasteiger partial charge in [-0.15, -0.1) is 0 Å². The topological polar surface area (TPSA) is 20.2 Å². The average molecular weight is 150 g/mol. The van der Waals surface area contributed by atoms with E-state index in [0.717, 1.165) is 12.0 Å². The van der Waals surface area contributed by atoms with Gasteiger partial charge in [-0.3, -0.25) is 0 Å². The molecule has 0 aliphatic rings. The second-order valence-electron chi connectivity index (χ2n) is 2.13. The average Bonchev–Trinajstić information content (AvgIpc) is 2.03. The van der Waals surface area contributed by atoms with Gasteiger partial charge in [-0.25, -0.2) is 0 Å². The zero-order chi connectivity index (χ0) is 8.69. The summed E-state index contributed by atoms with van der Waals surface area (Å²) in [6.45, 7) is 9.12. The van der Waals surface area contributed by atoms with Crippen LogP contribution in [0.1, 0.15) is 13.3 Å². The van der Waals surface area contributed by atoms with E-state index in [-0.39, 0.29) is 5.76 Å². The Labute approximate surface area is 68.1 Å². The highest BCUT2D eigenvalue weighted by Gasteiger charge is 1.92. The van der Waals surface area contributed by atoms with Crippen LogP contribution in [0.2, 0.25) is 0 Å². The lowest BCUT2D eigenvalue weighted by Crippen LogP contribution is -1.82. The van der Waals surface area contributed by atoms with Gasteiger partial charge in [-0.05, 0) is 18.1 Å². The molecular weight excluding hydrogens is 136 g/mol. The predicted molar refractivity (Wildman–Crippen MR) is 49.5 cm³/mol. The molecule has 1 nitrogen and oxygen atoms in total. The number of hydrogen-bond donors (Lipinski definition) is 1. The standard InChI is InChI=1S/C10H14O/c1-4-6-7-8-10(11)9(3)5-2/h4,6-8,11H,1,3,5H2,2H3/b7-6-,10-8+. The van der Waals surface area contributed by atoms with Crippen molar-refractivity contribution in [2.75, 3.05) is 0 Å². The maximum Gasteiger partial charge on any atom is 0.118 e. The molecule has 0 radical (unpaired) electrons. The van der Waals surface area contributed by atoms with E-state index in [9.17, 15) is 5.11 Å². The molecule has 0 amide bonds. The molecule has 0 aliphatic heterocycles. The third-order valence-corrected chi connectivity index (χ3v) is 1.29. The van der Waals surface area contributed by atoms with E-state index in [4.69, 9.17) is 0 Å². The molecule has 0 saturated heterocycles. The smallest absolute Gasteiger partial charge is 0.118 e. The van der Waals surface area contributed by atoms with Crippen LogP contribution in [-0.2, 0) is 0 Å². The van der Waals surface area contributed by atoms with E-state index in [2.05, 4.69) is 13.2 Å². The van der Waals surface area contributed by atoms with E-state index in [1.807, 2.05) is 6.92 Å². The molecule has 0 saturated carbocycles. The van der Waals surface area contributed by atoms with Crippen molar-refractivity contribution in [3.05, 3.63) is 48.8 Å². The molecule has 0 atom stereocenters. The van der Waals surface area contributed by atoms with Crippen LogP contribution in [0.3, 0.4) is 0 Å².